The third-order valence-electron chi connectivity index (χ3n) is 5.18. The van der Waals surface area contributed by atoms with Gasteiger partial charge in [-0.05, 0) is 49.6 Å². The second kappa shape index (κ2) is 7.53. The van der Waals surface area contributed by atoms with Gasteiger partial charge in [0.15, 0.2) is 11.6 Å². The topological polar surface area (TPSA) is 63.1 Å². The quantitative estimate of drug-likeness (QED) is 0.734. The van der Waals surface area contributed by atoms with E-state index in [-0.39, 0.29) is 11.8 Å². The van der Waals surface area contributed by atoms with E-state index in [1.54, 1.807) is 22.9 Å². The molecule has 4 rings (SSSR count). The Bertz CT molecular complexity index is 1020. The van der Waals surface area contributed by atoms with Crippen LogP contribution < -0.4 is 10.2 Å². The smallest absolute Gasteiger partial charge is 0.251 e. The summed E-state index contributed by atoms with van der Waals surface area (Å²) in [5.74, 6) is -1.59. The number of hydrogen-bond acceptors (Lipinski definition) is 4. The molecule has 3 aromatic rings. The van der Waals surface area contributed by atoms with Gasteiger partial charge in [0.25, 0.3) is 5.91 Å². The summed E-state index contributed by atoms with van der Waals surface area (Å²) in [5, 5.41) is 11.1. The average molecular weight is 385 g/mol. The number of carbonyl (C=O) groups is 1. The summed E-state index contributed by atoms with van der Waals surface area (Å²) < 4.78 is 28.3. The molecule has 28 heavy (non-hydrogen) atoms. The number of aromatic nitrogens is 3. The molecule has 0 saturated carbocycles. The minimum atomic E-state index is -0.845. The largest absolute Gasteiger partial charge is 0.371 e. The van der Waals surface area contributed by atoms with Crippen LogP contribution in [0.1, 0.15) is 23.7 Å². The lowest BCUT2D eigenvalue weighted by Crippen LogP contribution is -2.31. The fourth-order valence-corrected chi connectivity index (χ4v) is 3.60. The SMILES string of the molecule is CCn1nnc2cc(C(=O)NC[C@@H]3CCN(c4ccc(F)c(F)c4)C3)ccc21. The van der Waals surface area contributed by atoms with Crippen molar-refractivity contribution < 1.29 is 13.6 Å². The third-order valence-corrected chi connectivity index (χ3v) is 5.18. The molecule has 0 bridgehead atoms. The lowest BCUT2D eigenvalue weighted by molar-refractivity contribution is 0.0948. The summed E-state index contributed by atoms with van der Waals surface area (Å²) in [4.78, 5) is 14.5. The van der Waals surface area contributed by atoms with Crippen molar-refractivity contribution in [1.29, 1.82) is 0 Å². The molecule has 0 aliphatic carbocycles. The molecule has 1 aliphatic rings. The summed E-state index contributed by atoms with van der Waals surface area (Å²) in [6, 6.07) is 9.31. The first kappa shape index (κ1) is 18.3. The highest BCUT2D eigenvalue weighted by Gasteiger charge is 2.24. The van der Waals surface area contributed by atoms with Crippen LogP contribution in [-0.4, -0.2) is 40.5 Å². The van der Waals surface area contributed by atoms with Gasteiger partial charge < -0.3 is 10.2 Å². The molecule has 1 fully saturated rings. The normalized spacial score (nSPS) is 16.7. The maximum atomic E-state index is 13.4. The van der Waals surface area contributed by atoms with Crippen LogP contribution in [0.15, 0.2) is 36.4 Å². The van der Waals surface area contributed by atoms with E-state index in [1.165, 1.54) is 6.07 Å². The summed E-state index contributed by atoms with van der Waals surface area (Å²) in [5.41, 5.74) is 2.81. The fraction of sp³-hybridized carbons (Fsp3) is 0.350. The zero-order valence-electron chi connectivity index (χ0n) is 15.5. The Morgan fingerprint density at radius 3 is 2.86 bits per heavy atom. The van der Waals surface area contributed by atoms with Crippen molar-refractivity contribution >= 4 is 22.6 Å². The molecule has 1 aromatic heterocycles. The monoisotopic (exact) mass is 385 g/mol. The first-order valence-electron chi connectivity index (χ1n) is 9.36. The number of carbonyl (C=O) groups excluding carboxylic acids is 1. The number of halogens is 2. The van der Waals surface area contributed by atoms with E-state index in [2.05, 4.69) is 15.6 Å². The van der Waals surface area contributed by atoms with E-state index in [0.29, 0.717) is 29.9 Å². The van der Waals surface area contributed by atoms with Crippen LogP contribution in [0.25, 0.3) is 11.0 Å². The predicted octanol–water partition coefficient (Wildman–Crippen LogP) is 2.99. The van der Waals surface area contributed by atoms with Crippen molar-refractivity contribution in [3.8, 4) is 0 Å². The standard InChI is InChI=1S/C20H21F2N5O/c1-2-27-19-6-3-14(9-18(19)24-25-27)20(28)23-11-13-7-8-26(12-13)15-4-5-16(21)17(22)10-15/h3-6,9-10,13H,2,7-8,11-12H2,1H3,(H,23,28)/t13-/m0/s1. The van der Waals surface area contributed by atoms with Crippen molar-refractivity contribution in [1.82, 2.24) is 20.3 Å². The van der Waals surface area contributed by atoms with Gasteiger partial charge in [0.05, 0.1) is 5.52 Å². The van der Waals surface area contributed by atoms with Crippen molar-refractivity contribution in [2.75, 3.05) is 24.5 Å². The van der Waals surface area contributed by atoms with Gasteiger partial charge in [-0.1, -0.05) is 5.21 Å². The van der Waals surface area contributed by atoms with E-state index in [1.807, 2.05) is 17.9 Å². The molecule has 8 heteroatoms. The first-order chi connectivity index (χ1) is 13.5. The second-order valence-electron chi connectivity index (χ2n) is 7.02. The van der Waals surface area contributed by atoms with Crippen molar-refractivity contribution in [2.24, 2.45) is 5.92 Å². The molecule has 1 aliphatic heterocycles. The number of benzene rings is 2. The van der Waals surface area contributed by atoms with Crippen molar-refractivity contribution in [3.63, 3.8) is 0 Å². The third kappa shape index (κ3) is 3.54. The maximum absolute atomic E-state index is 13.4. The minimum Gasteiger partial charge on any atom is -0.371 e. The van der Waals surface area contributed by atoms with Crippen LogP contribution in [0.4, 0.5) is 14.5 Å². The Balaban J connectivity index is 1.35. The highest BCUT2D eigenvalue weighted by Crippen LogP contribution is 2.25. The molecule has 146 valence electrons. The van der Waals surface area contributed by atoms with Gasteiger partial charge in [-0.15, -0.1) is 5.10 Å². The van der Waals surface area contributed by atoms with Crippen molar-refractivity contribution in [2.45, 2.75) is 19.9 Å². The van der Waals surface area contributed by atoms with Crippen LogP contribution in [0.3, 0.4) is 0 Å². The van der Waals surface area contributed by atoms with Gasteiger partial charge in [-0.3, -0.25) is 4.79 Å². The summed E-state index contributed by atoms with van der Waals surface area (Å²) >= 11 is 0. The molecule has 2 aromatic carbocycles. The van der Waals surface area contributed by atoms with E-state index in [4.69, 9.17) is 0 Å². The summed E-state index contributed by atoms with van der Waals surface area (Å²) in [7, 11) is 0. The Labute approximate surface area is 161 Å². The molecule has 0 unspecified atom stereocenters. The van der Waals surface area contributed by atoms with Gasteiger partial charge >= 0.3 is 0 Å². The molecule has 0 spiro atoms. The van der Waals surface area contributed by atoms with Gasteiger partial charge in [0.1, 0.15) is 5.52 Å². The van der Waals surface area contributed by atoms with Crippen LogP contribution in [0.5, 0.6) is 0 Å². The number of fused-ring (bicyclic) bond motifs is 1. The molecule has 6 nitrogen and oxygen atoms in total. The first-order valence-corrected chi connectivity index (χ1v) is 9.36. The minimum absolute atomic E-state index is 0.153. The number of anilines is 1. The molecule has 1 amide bonds. The number of nitrogens with one attached hydrogen (secondary N) is 1. The maximum Gasteiger partial charge on any atom is 0.251 e. The Hall–Kier alpha value is -3.03. The molecule has 0 radical (unpaired) electrons. The van der Waals surface area contributed by atoms with Gasteiger partial charge in [-0.25, -0.2) is 13.5 Å². The van der Waals surface area contributed by atoms with Crippen LogP contribution in [-0.2, 0) is 6.54 Å². The van der Waals surface area contributed by atoms with E-state index in [9.17, 15) is 13.6 Å². The van der Waals surface area contributed by atoms with E-state index < -0.39 is 11.6 Å². The Morgan fingerprint density at radius 1 is 1.21 bits per heavy atom. The molecule has 1 N–H and O–H groups in total. The predicted molar refractivity (Wildman–Crippen MR) is 102 cm³/mol. The van der Waals surface area contributed by atoms with Crippen LogP contribution in [0.2, 0.25) is 0 Å². The highest BCUT2D eigenvalue weighted by atomic mass is 19.2. The zero-order valence-corrected chi connectivity index (χ0v) is 15.5. The number of aryl methyl sites for hydroxylation is 1. The number of amides is 1. The lowest BCUT2D eigenvalue weighted by atomic mass is 10.1. The fourth-order valence-electron chi connectivity index (χ4n) is 3.60. The van der Waals surface area contributed by atoms with E-state index in [0.717, 1.165) is 31.1 Å². The lowest BCUT2D eigenvalue weighted by Gasteiger charge is -2.19. The van der Waals surface area contributed by atoms with Crippen LogP contribution >= 0.6 is 0 Å². The molecule has 1 saturated heterocycles. The van der Waals surface area contributed by atoms with Gasteiger partial charge in [0.2, 0.25) is 0 Å². The number of rotatable bonds is 5. The number of hydrogen-bond donors (Lipinski definition) is 1. The second-order valence-corrected chi connectivity index (χ2v) is 7.02. The summed E-state index contributed by atoms with van der Waals surface area (Å²) in [6.07, 6.45) is 0.878. The highest BCUT2D eigenvalue weighted by molar-refractivity contribution is 5.97. The zero-order chi connectivity index (χ0) is 19.7. The number of nitrogens with zero attached hydrogens (tertiary/aromatic N) is 4. The van der Waals surface area contributed by atoms with Crippen molar-refractivity contribution in [3.05, 3.63) is 53.6 Å². The Morgan fingerprint density at radius 2 is 2.07 bits per heavy atom. The molecule has 2 heterocycles. The molecular weight excluding hydrogens is 364 g/mol. The average Bonchev–Trinajstić information content (AvgIpc) is 3.34. The van der Waals surface area contributed by atoms with Gasteiger partial charge in [-0.2, -0.15) is 0 Å². The van der Waals surface area contributed by atoms with Crippen LogP contribution in [0, 0.1) is 17.6 Å². The Kier molecular flexibility index (Phi) is 4.93. The molecular formula is C20H21F2N5O. The summed E-state index contributed by atoms with van der Waals surface area (Å²) in [6.45, 7) is 4.67. The van der Waals surface area contributed by atoms with E-state index >= 15 is 0 Å². The molecule has 1 atom stereocenters. The van der Waals surface area contributed by atoms with Gasteiger partial charge in [0, 0.05) is 43.5 Å².